The summed E-state index contributed by atoms with van der Waals surface area (Å²) in [6, 6.07) is 1.99. The Balaban J connectivity index is 2.15. The molecule has 0 aliphatic rings. The van der Waals surface area contributed by atoms with Gasteiger partial charge in [-0.2, -0.15) is 0 Å². The van der Waals surface area contributed by atoms with Crippen LogP contribution in [0.2, 0.25) is 0 Å². The Morgan fingerprint density at radius 1 is 1.39 bits per heavy atom. The first-order valence-electron chi connectivity index (χ1n) is 6.45. The number of hydrogen-bond acceptors (Lipinski definition) is 4. The summed E-state index contributed by atoms with van der Waals surface area (Å²) in [4.78, 5) is 4.09. The standard InChI is InChI=1S/C14H24N2O2/c1-11(2)9-18-10-14(17)8-16-7-13-6-15-5-4-12(13)3/h4-6,11,14,16-17H,7-10H2,1-3H3. The van der Waals surface area contributed by atoms with E-state index in [2.05, 4.69) is 31.1 Å². The number of ether oxygens (including phenoxy) is 1. The zero-order valence-electron chi connectivity index (χ0n) is 11.5. The molecule has 0 aliphatic carbocycles. The highest BCUT2D eigenvalue weighted by Crippen LogP contribution is 2.03. The molecule has 102 valence electrons. The number of aromatic nitrogens is 1. The summed E-state index contributed by atoms with van der Waals surface area (Å²) in [7, 11) is 0. The molecule has 4 heteroatoms. The highest BCUT2D eigenvalue weighted by Gasteiger charge is 2.05. The molecule has 1 rings (SSSR count). The summed E-state index contributed by atoms with van der Waals surface area (Å²) < 4.78 is 5.38. The van der Waals surface area contributed by atoms with E-state index in [-0.39, 0.29) is 0 Å². The monoisotopic (exact) mass is 252 g/mol. The van der Waals surface area contributed by atoms with Crippen LogP contribution in [0.25, 0.3) is 0 Å². The normalized spacial score (nSPS) is 12.9. The molecular weight excluding hydrogens is 228 g/mol. The molecule has 0 saturated carbocycles. The topological polar surface area (TPSA) is 54.4 Å². The summed E-state index contributed by atoms with van der Waals surface area (Å²) in [5, 5.41) is 12.9. The van der Waals surface area contributed by atoms with Crippen molar-refractivity contribution >= 4 is 0 Å². The van der Waals surface area contributed by atoms with Crippen molar-refractivity contribution < 1.29 is 9.84 Å². The summed E-state index contributed by atoms with van der Waals surface area (Å²) in [5.74, 6) is 0.503. The molecule has 0 bridgehead atoms. The smallest absolute Gasteiger partial charge is 0.0897 e. The van der Waals surface area contributed by atoms with Gasteiger partial charge in [-0.15, -0.1) is 0 Å². The molecule has 1 heterocycles. The number of aliphatic hydroxyl groups excluding tert-OH is 1. The van der Waals surface area contributed by atoms with Crippen molar-refractivity contribution in [3.8, 4) is 0 Å². The first kappa shape index (κ1) is 15.1. The van der Waals surface area contributed by atoms with Crippen molar-refractivity contribution in [3.05, 3.63) is 29.6 Å². The number of nitrogens with zero attached hydrogens (tertiary/aromatic N) is 1. The van der Waals surface area contributed by atoms with Crippen molar-refractivity contribution in [1.82, 2.24) is 10.3 Å². The molecule has 0 aromatic carbocycles. The molecule has 0 amide bonds. The number of pyridine rings is 1. The van der Waals surface area contributed by atoms with E-state index in [4.69, 9.17) is 4.74 Å². The minimum Gasteiger partial charge on any atom is -0.389 e. The molecule has 1 aromatic heterocycles. The first-order valence-corrected chi connectivity index (χ1v) is 6.45. The fourth-order valence-corrected chi connectivity index (χ4v) is 1.55. The lowest BCUT2D eigenvalue weighted by molar-refractivity contribution is 0.0260. The largest absolute Gasteiger partial charge is 0.389 e. The molecular formula is C14H24N2O2. The minimum atomic E-state index is -0.458. The van der Waals surface area contributed by atoms with Crippen LogP contribution in [-0.2, 0) is 11.3 Å². The second-order valence-electron chi connectivity index (χ2n) is 5.02. The number of aryl methyl sites for hydroxylation is 1. The summed E-state index contributed by atoms with van der Waals surface area (Å²) >= 11 is 0. The predicted octanol–water partition coefficient (Wildman–Crippen LogP) is 1.51. The van der Waals surface area contributed by atoms with Crippen LogP contribution >= 0.6 is 0 Å². The minimum absolute atomic E-state index is 0.386. The molecule has 2 N–H and O–H groups in total. The van der Waals surface area contributed by atoms with Gasteiger partial charge in [0.25, 0.3) is 0 Å². The van der Waals surface area contributed by atoms with E-state index >= 15 is 0 Å². The van der Waals surface area contributed by atoms with Crippen LogP contribution in [0, 0.1) is 12.8 Å². The quantitative estimate of drug-likeness (QED) is 0.736. The van der Waals surface area contributed by atoms with Crippen LogP contribution in [0.4, 0.5) is 0 Å². The summed E-state index contributed by atoms with van der Waals surface area (Å²) in [6.07, 6.45) is 3.18. The average Bonchev–Trinajstić information content (AvgIpc) is 2.31. The van der Waals surface area contributed by atoms with E-state index in [1.807, 2.05) is 12.3 Å². The van der Waals surface area contributed by atoms with E-state index in [0.29, 0.717) is 25.7 Å². The van der Waals surface area contributed by atoms with Gasteiger partial charge in [-0.05, 0) is 30.0 Å². The Kier molecular flexibility index (Phi) is 6.86. The third-order valence-electron chi connectivity index (χ3n) is 2.60. The number of rotatable bonds is 8. The Morgan fingerprint density at radius 3 is 2.83 bits per heavy atom. The van der Waals surface area contributed by atoms with Crippen molar-refractivity contribution in [2.24, 2.45) is 5.92 Å². The second kappa shape index (κ2) is 8.19. The Hall–Kier alpha value is -0.970. The molecule has 1 atom stereocenters. The molecule has 0 radical (unpaired) electrons. The molecule has 0 spiro atoms. The Morgan fingerprint density at radius 2 is 2.17 bits per heavy atom. The van der Waals surface area contributed by atoms with Gasteiger partial charge in [-0.3, -0.25) is 4.98 Å². The third-order valence-corrected chi connectivity index (χ3v) is 2.60. The summed E-state index contributed by atoms with van der Waals surface area (Å²) in [6.45, 7) is 8.58. The highest BCUT2D eigenvalue weighted by molar-refractivity contribution is 5.20. The van der Waals surface area contributed by atoms with Crippen LogP contribution < -0.4 is 5.32 Å². The molecule has 1 unspecified atom stereocenters. The van der Waals surface area contributed by atoms with Gasteiger partial charge in [0.15, 0.2) is 0 Å². The van der Waals surface area contributed by atoms with E-state index < -0.39 is 6.10 Å². The number of nitrogens with one attached hydrogen (secondary N) is 1. The van der Waals surface area contributed by atoms with Crippen molar-refractivity contribution in [2.75, 3.05) is 19.8 Å². The SMILES string of the molecule is Cc1ccncc1CNCC(O)COCC(C)C. The van der Waals surface area contributed by atoms with Crippen LogP contribution in [0.3, 0.4) is 0 Å². The Bertz CT molecular complexity index is 342. The van der Waals surface area contributed by atoms with Gasteiger partial charge < -0.3 is 15.2 Å². The van der Waals surface area contributed by atoms with Gasteiger partial charge in [-0.1, -0.05) is 13.8 Å². The Labute approximate surface area is 109 Å². The fourth-order valence-electron chi connectivity index (χ4n) is 1.55. The van der Waals surface area contributed by atoms with Gasteiger partial charge in [0.2, 0.25) is 0 Å². The summed E-state index contributed by atoms with van der Waals surface area (Å²) in [5.41, 5.74) is 2.37. The molecule has 0 saturated heterocycles. The molecule has 0 aliphatic heterocycles. The third kappa shape index (κ3) is 6.10. The van der Waals surface area contributed by atoms with E-state index in [9.17, 15) is 5.11 Å². The molecule has 0 fully saturated rings. The zero-order valence-corrected chi connectivity index (χ0v) is 11.5. The van der Waals surface area contributed by atoms with E-state index in [1.54, 1.807) is 6.20 Å². The van der Waals surface area contributed by atoms with Crippen molar-refractivity contribution in [3.63, 3.8) is 0 Å². The van der Waals surface area contributed by atoms with Gasteiger partial charge in [0.1, 0.15) is 0 Å². The van der Waals surface area contributed by atoms with E-state index in [0.717, 1.165) is 12.1 Å². The lowest BCUT2D eigenvalue weighted by atomic mass is 10.1. The lowest BCUT2D eigenvalue weighted by Gasteiger charge is -2.14. The van der Waals surface area contributed by atoms with Crippen LogP contribution in [-0.4, -0.2) is 36.0 Å². The number of aliphatic hydroxyl groups is 1. The van der Waals surface area contributed by atoms with Gasteiger partial charge in [0.05, 0.1) is 12.7 Å². The molecule has 18 heavy (non-hydrogen) atoms. The average molecular weight is 252 g/mol. The maximum Gasteiger partial charge on any atom is 0.0897 e. The first-order chi connectivity index (χ1) is 8.59. The zero-order chi connectivity index (χ0) is 13.4. The molecule has 1 aromatic rings. The highest BCUT2D eigenvalue weighted by atomic mass is 16.5. The van der Waals surface area contributed by atoms with Gasteiger partial charge >= 0.3 is 0 Å². The van der Waals surface area contributed by atoms with Crippen LogP contribution in [0.15, 0.2) is 18.5 Å². The van der Waals surface area contributed by atoms with Crippen LogP contribution in [0.1, 0.15) is 25.0 Å². The van der Waals surface area contributed by atoms with Gasteiger partial charge in [-0.25, -0.2) is 0 Å². The van der Waals surface area contributed by atoms with E-state index in [1.165, 1.54) is 5.56 Å². The lowest BCUT2D eigenvalue weighted by Crippen LogP contribution is -2.30. The number of hydrogen-bond donors (Lipinski definition) is 2. The van der Waals surface area contributed by atoms with Crippen molar-refractivity contribution in [2.45, 2.75) is 33.4 Å². The van der Waals surface area contributed by atoms with Gasteiger partial charge in [0, 0.05) is 32.1 Å². The van der Waals surface area contributed by atoms with Crippen LogP contribution in [0.5, 0.6) is 0 Å². The maximum atomic E-state index is 9.71. The fraction of sp³-hybridized carbons (Fsp3) is 0.643. The van der Waals surface area contributed by atoms with Crippen molar-refractivity contribution in [1.29, 1.82) is 0 Å². The predicted molar refractivity (Wildman–Crippen MR) is 72.3 cm³/mol. The second-order valence-corrected chi connectivity index (χ2v) is 5.02. The molecule has 4 nitrogen and oxygen atoms in total. The maximum absolute atomic E-state index is 9.71.